The van der Waals surface area contributed by atoms with E-state index in [1.807, 2.05) is 36.4 Å². The van der Waals surface area contributed by atoms with Gasteiger partial charge in [0.15, 0.2) is 0 Å². The first-order valence-electron chi connectivity index (χ1n) is 7.24. The molecule has 3 aromatic carbocycles. The van der Waals surface area contributed by atoms with E-state index in [1.54, 1.807) is 30.3 Å². The van der Waals surface area contributed by atoms with Gasteiger partial charge in [0.05, 0.1) is 6.42 Å². The Balaban J connectivity index is 1.94. The minimum atomic E-state index is -0.933. The number of hydrogen-bond donors (Lipinski definition) is 2. The van der Waals surface area contributed by atoms with Crippen LogP contribution in [0.25, 0.3) is 10.8 Å². The van der Waals surface area contributed by atoms with Gasteiger partial charge in [-0.3, -0.25) is 9.59 Å². The molecular formula is C19H15NO3. The van der Waals surface area contributed by atoms with Crippen molar-refractivity contribution in [2.24, 2.45) is 0 Å². The standard InChI is InChI=1S/C19H15NO3/c21-18(22)12-14-7-2-4-11-17(14)20-19(23)16-10-5-8-13-6-1-3-9-15(13)16/h1-11H,12H2,(H,20,23)(H,21,22). The molecule has 0 bridgehead atoms. The smallest absolute Gasteiger partial charge is 0.307 e. The lowest BCUT2D eigenvalue weighted by Crippen LogP contribution is -2.14. The van der Waals surface area contributed by atoms with Gasteiger partial charge in [0, 0.05) is 11.3 Å². The molecule has 0 aromatic heterocycles. The lowest BCUT2D eigenvalue weighted by atomic mass is 10.0. The molecule has 1 amide bonds. The van der Waals surface area contributed by atoms with Gasteiger partial charge in [0.1, 0.15) is 0 Å². The highest BCUT2D eigenvalue weighted by Gasteiger charge is 2.13. The first kappa shape index (κ1) is 14.8. The predicted molar refractivity (Wildman–Crippen MR) is 89.7 cm³/mol. The molecule has 0 unspecified atom stereocenters. The maximum absolute atomic E-state index is 12.6. The van der Waals surface area contributed by atoms with Gasteiger partial charge in [-0.1, -0.05) is 54.6 Å². The van der Waals surface area contributed by atoms with Crippen molar-refractivity contribution < 1.29 is 14.7 Å². The third kappa shape index (κ3) is 3.21. The molecule has 4 nitrogen and oxygen atoms in total. The van der Waals surface area contributed by atoms with Crippen LogP contribution in [-0.2, 0) is 11.2 Å². The summed E-state index contributed by atoms with van der Waals surface area (Å²) in [6.45, 7) is 0. The van der Waals surface area contributed by atoms with E-state index >= 15 is 0 Å². The summed E-state index contributed by atoms with van der Waals surface area (Å²) in [5, 5.41) is 13.6. The second-order valence-corrected chi connectivity index (χ2v) is 5.21. The van der Waals surface area contributed by atoms with Crippen molar-refractivity contribution in [3.63, 3.8) is 0 Å². The molecule has 0 saturated carbocycles. The van der Waals surface area contributed by atoms with Crippen molar-refractivity contribution in [3.8, 4) is 0 Å². The first-order chi connectivity index (χ1) is 11.1. The number of fused-ring (bicyclic) bond motifs is 1. The molecule has 0 aliphatic heterocycles. The van der Waals surface area contributed by atoms with Crippen molar-refractivity contribution in [3.05, 3.63) is 77.9 Å². The van der Waals surface area contributed by atoms with Crippen LogP contribution in [0.15, 0.2) is 66.7 Å². The Bertz CT molecular complexity index is 881. The SMILES string of the molecule is O=C(O)Cc1ccccc1NC(=O)c1cccc2ccccc12. The van der Waals surface area contributed by atoms with Gasteiger partial charge in [-0.05, 0) is 28.5 Å². The number of benzene rings is 3. The molecule has 0 spiro atoms. The van der Waals surface area contributed by atoms with Crippen LogP contribution >= 0.6 is 0 Å². The van der Waals surface area contributed by atoms with Gasteiger partial charge < -0.3 is 10.4 Å². The molecule has 2 N–H and O–H groups in total. The zero-order valence-corrected chi connectivity index (χ0v) is 12.3. The molecule has 0 heterocycles. The lowest BCUT2D eigenvalue weighted by Gasteiger charge is -2.11. The molecule has 114 valence electrons. The quantitative estimate of drug-likeness (QED) is 0.772. The van der Waals surface area contributed by atoms with Crippen molar-refractivity contribution in [2.45, 2.75) is 6.42 Å². The van der Waals surface area contributed by atoms with E-state index in [1.165, 1.54) is 0 Å². The lowest BCUT2D eigenvalue weighted by molar-refractivity contribution is -0.136. The molecule has 0 fully saturated rings. The van der Waals surface area contributed by atoms with Crippen molar-refractivity contribution >= 4 is 28.3 Å². The number of carbonyl (C=O) groups is 2. The Labute approximate surface area is 133 Å². The van der Waals surface area contributed by atoms with Crippen LogP contribution in [0.1, 0.15) is 15.9 Å². The van der Waals surface area contributed by atoms with Crippen LogP contribution in [0.3, 0.4) is 0 Å². The summed E-state index contributed by atoms with van der Waals surface area (Å²) >= 11 is 0. The minimum absolute atomic E-state index is 0.133. The number of carboxylic acid groups (broad SMARTS) is 1. The maximum atomic E-state index is 12.6. The Morgan fingerprint density at radius 2 is 1.57 bits per heavy atom. The Hall–Kier alpha value is -3.14. The molecule has 0 saturated heterocycles. The average Bonchev–Trinajstić information content (AvgIpc) is 2.55. The van der Waals surface area contributed by atoms with Crippen molar-refractivity contribution in [1.82, 2.24) is 0 Å². The summed E-state index contributed by atoms with van der Waals surface area (Å²) in [4.78, 5) is 23.5. The largest absolute Gasteiger partial charge is 0.481 e. The average molecular weight is 305 g/mol. The Morgan fingerprint density at radius 1 is 0.870 bits per heavy atom. The highest BCUT2D eigenvalue weighted by atomic mass is 16.4. The Morgan fingerprint density at radius 3 is 2.39 bits per heavy atom. The highest BCUT2D eigenvalue weighted by molar-refractivity contribution is 6.13. The van der Waals surface area contributed by atoms with Crippen molar-refractivity contribution in [2.75, 3.05) is 5.32 Å². The zero-order valence-electron chi connectivity index (χ0n) is 12.3. The van der Waals surface area contributed by atoms with E-state index in [-0.39, 0.29) is 12.3 Å². The number of para-hydroxylation sites is 1. The third-order valence-electron chi connectivity index (χ3n) is 3.64. The summed E-state index contributed by atoms with van der Waals surface area (Å²) in [6, 6.07) is 20.1. The monoisotopic (exact) mass is 305 g/mol. The molecule has 0 atom stereocenters. The van der Waals surface area contributed by atoms with E-state index in [2.05, 4.69) is 5.32 Å². The number of aliphatic carboxylic acids is 1. The van der Waals surface area contributed by atoms with Gasteiger partial charge in [-0.2, -0.15) is 0 Å². The summed E-state index contributed by atoms with van der Waals surface area (Å²) < 4.78 is 0. The van der Waals surface area contributed by atoms with Crippen LogP contribution in [0.5, 0.6) is 0 Å². The normalized spacial score (nSPS) is 10.4. The fraction of sp³-hybridized carbons (Fsp3) is 0.0526. The molecule has 0 aliphatic carbocycles. The third-order valence-corrected chi connectivity index (χ3v) is 3.64. The van der Waals surface area contributed by atoms with E-state index in [0.29, 0.717) is 16.8 Å². The maximum Gasteiger partial charge on any atom is 0.307 e. The van der Waals surface area contributed by atoms with E-state index < -0.39 is 5.97 Å². The molecular weight excluding hydrogens is 290 g/mol. The van der Waals surface area contributed by atoms with Gasteiger partial charge >= 0.3 is 5.97 Å². The summed E-state index contributed by atoms with van der Waals surface area (Å²) in [5.74, 6) is -1.18. The number of hydrogen-bond acceptors (Lipinski definition) is 2. The van der Waals surface area contributed by atoms with Gasteiger partial charge in [-0.15, -0.1) is 0 Å². The van der Waals surface area contributed by atoms with Crippen LogP contribution in [0.2, 0.25) is 0 Å². The molecule has 4 heteroatoms. The van der Waals surface area contributed by atoms with Gasteiger partial charge in [0.25, 0.3) is 5.91 Å². The van der Waals surface area contributed by atoms with E-state index in [9.17, 15) is 9.59 Å². The van der Waals surface area contributed by atoms with Gasteiger partial charge in [0.2, 0.25) is 0 Å². The van der Waals surface area contributed by atoms with Crippen LogP contribution in [0, 0.1) is 0 Å². The van der Waals surface area contributed by atoms with Crippen LogP contribution in [0.4, 0.5) is 5.69 Å². The van der Waals surface area contributed by atoms with E-state index in [0.717, 1.165) is 10.8 Å². The topological polar surface area (TPSA) is 66.4 Å². The number of amides is 1. The molecule has 0 aliphatic rings. The van der Waals surface area contributed by atoms with E-state index in [4.69, 9.17) is 5.11 Å². The Kier molecular flexibility index (Phi) is 4.06. The number of carboxylic acids is 1. The van der Waals surface area contributed by atoms with Crippen molar-refractivity contribution in [1.29, 1.82) is 0 Å². The summed E-state index contributed by atoms with van der Waals surface area (Å²) in [7, 11) is 0. The number of rotatable bonds is 4. The molecule has 0 radical (unpaired) electrons. The first-order valence-corrected chi connectivity index (χ1v) is 7.24. The highest BCUT2D eigenvalue weighted by Crippen LogP contribution is 2.21. The zero-order chi connectivity index (χ0) is 16.2. The van der Waals surface area contributed by atoms with Crippen LogP contribution < -0.4 is 5.32 Å². The fourth-order valence-corrected chi connectivity index (χ4v) is 2.57. The molecule has 3 aromatic rings. The molecule has 23 heavy (non-hydrogen) atoms. The number of anilines is 1. The number of nitrogens with one attached hydrogen (secondary N) is 1. The van der Waals surface area contributed by atoms with Gasteiger partial charge in [-0.25, -0.2) is 0 Å². The second kappa shape index (κ2) is 6.32. The molecule has 3 rings (SSSR count). The number of carbonyl (C=O) groups excluding carboxylic acids is 1. The summed E-state index contributed by atoms with van der Waals surface area (Å²) in [5.41, 5.74) is 1.66. The summed E-state index contributed by atoms with van der Waals surface area (Å²) in [6.07, 6.45) is -0.133. The minimum Gasteiger partial charge on any atom is -0.481 e. The second-order valence-electron chi connectivity index (χ2n) is 5.21. The fourth-order valence-electron chi connectivity index (χ4n) is 2.57. The van der Waals surface area contributed by atoms with Crippen LogP contribution in [-0.4, -0.2) is 17.0 Å². The predicted octanol–water partition coefficient (Wildman–Crippen LogP) is 3.72.